The molecule has 1 aromatic heterocycles. The second-order valence-electron chi connectivity index (χ2n) is 8.71. The van der Waals surface area contributed by atoms with E-state index >= 15 is 0 Å². The van der Waals surface area contributed by atoms with Crippen LogP contribution in [-0.2, 0) is 27.2 Å². The van der Waals surface area contributed by atoms with Crippen LogP contribution in [0.2, 0.25) is 0 Å². The van der Waals surface area contributed by atoms with E-state index in [2.05, 4.69) is 27.8 Å². The first-order chi connectivity index (χ1) is 16.4. The van der Waals surface area contributed by atoms with Crippen LogP contribution in [0.25, 0.3) is 0 Å². The number of carboxylic acids is 1. The second-order valence-corrected chi connectivity index (χ2v) is 8.71. The van der Waals surface area contributed by atoms with Crippen molar-refractivity contribution in [1.29, 1.82) is 10.7 Å². The van der Waals surface area contributed by atoms with Gasteiger partial charge >= 0.3 is 5.97 Å². The molecule has 10 nitrogen and oxygen atoms in total. The summed E-state index contributed by atoms with van der Waals surface area (Å²) in [5.74, 6) is -0.736. The predicted molar refractivity (Wildman–Crippen MR) is 126 cm³/mol. The molecule has 3 rings (SSSR count). The number of nitrogens with two attached hydrogens (primary N) is 1. The molecule has 0 saturated heterocycles. The van der Waals surface area contributed by atoms with E-state index in [1.165, 1.54) is 5.56 Å². The maximum Gasteiger partial charge on any atom is 0.326 e. The summed E-state index contributed by atoms with van der Waals surface area (Å²) in [6.07, 6.45) is 6.65. The van der Waals surface area contributed by atoms with Gasteiger partial charge in [-0.1, -0.05) is 6.07 Å². The van der Waals surface area contributed by atoms with E-state index in [0.717, 1.165) is 56.4 Å². The number of carboxylic acid groups (broad SMARTS) is 1. The van der Waals surface area contributed by atoms with Gasteiger partial charge in [-0.3, -0.25) is 4.79 Å². The number of hydrogen-bond donors (Lipinski definition) is 5. The van der Waals surface area contributed by atoms with Crippen LogP contribution in [-0.4, -0.2) is 53.5 Å². The molecule has 2 heterocycles. The van der Waals surface area contributed by atoms with Gasteiger partial charge in [0.15, 0.2) is 0 Å². The fraction of sp³-hybridized carbons (Fsp3) is 0.542. The Labute approximate surface area is 199 Å². The number of nitriles is 1. The molecule has 182 valence electrons. The fourth-order valence-corrected chi connectivity index (χ4v) is 4.03. The molecular weight excluding hydrogens is 436 g/mol. The number of pyridine rings is 1. The number of ether oxygens (including phenoxy) is 1. The van der Waals surface area contributed by atoms with Crippen LogP contribution in [0, 0.1) is 22.2 Å². The van der Waals surface area contributed by atoms with Crippen molar-refractivity contribution >= 4 is 23.4 Å². The molecule has 10 heteroatoms. The Hall–Kier alpha value is -3.45. The lowest BCUT2D eigenvalue weighted by Crippen LogP contribution is -2.47. The maximum atomic E-state index is 12.7. The lowest BCUT2D eigenvalue weighted by Gasteiger charge is -2.20. The SMILES string of the molecule is N#C/C(=C/N)C(=N)C1(C(=O)NC(CCOCCCCc2ccc3c(n2)NCCC3)C(=O)O)CC1. The molecule has 1 atom stereocenters. The molecule has 0 radical (unpaired) electrons. The third-order valence-electron chi connectivity index (χ3n) is 6.30. The van der Waals surface area contributed by atoms with E-state index in [0.29, 0.717) is 19.4 Å². The highest BCUT2D eigenvalue weighted by atomic mass is 16.5. The van der Waals surface area contributed by atoms with Gasteiger partial charge in [-0.15, -0.1) is 0 Å². The van der Waals surface area contributed by atoms with E-state index in [-0.39, 0.29) is 24.3 Å². The van der Waals surface area contributed by atoms with Crippen LogP contribution in [0.3, 0.4) is 0 Å². The third kappa shape index (κ3) is 6.11. The number of fused-ring (bicyclic) bond motifs is 1. The van der Waals surface area contributed by atoms with E-state index in [9.17, 15) is 14.7 Å². The largest absolute Gasteiger partial charge is 0.480 e. The number of nitrogens with one attached hydrogen (secondary N) is 3. The summed E-state index contributed by atoms with van der Waals surface area (Å²) in [7, 11) is 0. The topological polar surface area (TPSA) is 174 Å². The summed E-state index contributed by atoms with van der Waals surface area (Å²) >= 11 is 0. The lowest BCUT2D eigenvalue weighted by atomic mass is 9.93. The van der Waals surface area contributed by atoms with Crippen LogP contribution in [0.4, 0.5) is 5.82 Å². The number of aromatic nitrogens is 1. The quantitative estimate of drug-likeness (QED) is 0.166. The molecular formula is C24H32N6O4. The predicted octanol–water partition coefficient (Wildman–Crippen LogP) is 1.90. The van der Waals surface area contributed by atoms with Crippen molar-refractivity contribution in [2.75, 3.05) is 25.1 Å². The molecule has 1 unspecified atom stereocenters. The Balaban J connectivity index is 1.37. The molecule has 0 spiro atoms. The fourth-order valence-electron chi connectivity index (χ4n) is 4.03. The Morgan fingerprint density at radius 2 is 2.18 bits per heavy atom. The highest BCUT2D eigenvalue weighted by Gasteiger charge is 2.55. The first kappa shape index (κ1) is 25.2. The highest BCUT2D eigenvalue weighted by Crippen LogP contribution is 2.48. The molecule has 1 fully saturated rings. The van der Waals surface area contributed by atoms with Crippen molar-refractivity contribution in [3.05, 3.63) is 35.2 Å². The van der Waals surface area contributed by atoms with E-state index < -0.39 is 23.3 Å². The minimum absolute atomic E-state index is 0.0790. The number of aliphatic carboxylic acids is 1. The van der Waals surface area contributed by atoms with E-state index in [1.54, 1.807) is 6.07 Å². The molecule has 1 aliphatic heterocycles. The summed E-state index contributed by atoms with van der Waals surface area (Å²) in [6.45, 7) is 1.64. The maximum absolute atomic E-state index is 12.7. The van der Waals surface area contributed by atoms with Gasteiger partial charge < -0.3 is 31.6 Å². The van der Waals surface area contributed by atoms with Crippen molar-refractivity contribution in [3.63, 3.8) is 0 Å². The molecule has 1 aliphatic carbocycles. The summed E-state index contributed by atoms with van der Waals surface area (Å²) < 4.78 is 5.59. The third-order valence-corrected chi connectivity index (χ3v) is 6.30. The Bertz CT molecular complexity index is 996. The lowest BCUT2D eigenvalue weighted by molar-refractivity contribution is -0.142. The smallest absolute Gasteiger partial charge is 0.326 e. The van der Waals surface area contributed by atoms with Crippen molar-refractivity contribution < 1.29 is 19.4 Å². The Kier molecular flexibility index (Phi) is 8.60. The minimum atomic E-state index is -1.17. The normalized spacial score (nSPS) is 17.0. The van der Waals surface area contributed by atoms with Crippen LogP contribution < -0.4 is 16.4 Å². The molecule has 6 N–H and O–H groups in total. The summed E-state index contributed by atoms with van der Waals surface area (Å²) in [5, 5.41) is 32.5. The van der Waals surface area contributed by atoms with Crippen molar-refractivity contribution in [1.82, 2.24) is 10.3 Å². The number of carbonyl (C=O) groups is 2. The van der Waals surface area contributed by atoms with Gasteiger partial charge in [-0.25, -0.2) is 9.78 Å². The van der Waals surface area contributed by atoms with Gasteiger partial charge in [0.05, 0.1) is 16.7 Å². The first-order valence-electron chi connectivity index (χ1n) is 11.7. The van der Waals surface area contributed by atoms with Gasteiger partial charge in [-0.05, 0) is 56.6 Å². The van der Waals surface area contributed by atoms with Crippen molar-refractivity contribution in [2.45, 2.75) is 57.4 Å². The van der Waals surface area contributed by atoms with Gasteiger partial charge in [0.2, 0.25) is 5.91 Å². The summed E-state index contributed by atoms with van der Waals surface area (Å²) in [6, 6.07) is 4.88. The number of unbranched alkanes of at least 4 members (excludes halogenated alkanes) is 1. The monoisotopic (exact) mass is 468 g/mol. The zero-order valence-electron chi connectivity index (χ0n) is 19.2. The van der Waals surface area contributed by atoms with Crippen LogP contribution >= 0.6 is 0 Å². The molecule has 34 heavy (non-hydrogen) atoms. The minimum Gasteiger partial charge on any atom is -0.480 e. The number of carbonyl (C=O) groups excluding carboxylic acids is 1. The average molecular weight is 469 g/mol. The molecule has 2 aliphatic rings. The number of anilines is 1. The summed E-state index contributed by atoms with van der Waals surface area (Å²) in [5.41, 5.74) is 6.26. The van der Waals surface area contributed by atoms with Crippen LogP contribution in [0.5, 0.6) is 0 Å². The molecule has 1 aromatic rings. The van der Waals surface area contributed by atoms with Crippen molar-refractivity contribution in [3.8, 4) is 6.07 Å². The zero-order valence-corrected chi connectivity index (χ0v) is 19.2. The number of hydrogen-bond acceptors (Lipinski definition) is 8. The van der Waals surface area contributed by atoms with Gasteiger partial charge in [0, 0.05) is 38.1 Å². The Morgan fingerprint density at radius 3 is 2.85 bits per heavy atom. The van der Waals surface area contributed by atoms with E-state index in [1.807, 2.05) is 0 Å². The summed E-state index contributed by atoms with van der Waals surface area (Å²) in [4.78, 5) is 29.0. The van der Waals surface area contributed by atoms with Gasteiger partial charge in [0.1, 0.15) is 17.9 Å². The van der Waals surface area contributed by atoms with E-state index in [4.69, 9.17) is 21.1 Å². The Morgan fingerprint density at radius 1 is 1.38 bits per heavy atom. The first-order valence-corrected chi connectivity index (χ1v) is 11.7. The number of rotatable bonds is 13. The van der Waals surface area contributed by atoms with Crippen LogP contribution in [0.1, 0.15) is 49.8 Å². The molecule has 1 saturated carbocycles. The number of nitrogens with zero attached hydrogens (tertiary/aromatic N) is 2. The number of allylic oxidation sites excluding steroid dienone is 1. The number of amides is 1. The molecule has 0 bridgehead atoms. The highest BCUT2D eigenvalue weighted by molar-refractivity contribution is 6.19. The zero-order chi connectivity index (χ0) is 24.6. The number of aryl methyl sites for hydroxylation is 2. The van der Waals surface area contributed by atoms with Crippen molar-refractivity contribution in [2.24, 2.45) is 11.1 Å². The van der Waals surface area contributed by atoms with Gasteiger partial charge in [0.25, 0.3) is 0 Å². The standard InChI is InChI=1S/C24H32N6O4/c25-14-17(15-26)20(27)24(9-10-24)23(33)30-19(22(31)32)8-13-34-12-2-1-5-18-7-6-16-4-3-11-28-21(16)29-18/h6-7,14,19,27H,1-5,8-13,25H2,(H,28,29)(H,30,33)(H,31,32)/b17-14-,27-20?. The van der Waals surface area contributed by atoms with Gasteiger partial charge in [-0.2, -0.15) is 5.26 Å². The average Bonchev–Trinajstić information content (AvgIpc) is 3.65. The molecule has 1 amide bonds. The second kappa shape index (κ2) is 11.6. The molecule has 0 aromatic carbocycles. The van der Waals surface area contributed by atoms with Crippen LogP contribution in [0.15, 0.2) is 23.9 Å².